The summed E-state index contributed by atoms with van der Waals surface area (Å²) in [7, 11) is 1.59. The third-order valence-corrected chi connectivity index (χ3v) is 6.34. The topological polar surface area (TPSA) is 94.5 Å². The van der Waals surface area contributed by atoms with Crippen LogP contribution in [0.2, 0.25) is 0 Å². The third-order valence-electron chi connectivity index (χ3n) is 6.34. The summed E-state index contributed by atoms with van der Waals surface area (Å²) in [4.78, 5) is 27.9. The summed E-state index contributed by atoms with van der Waals surface area (Å²) in [6.45, 7) is 7.36. The molecular formula is C28H33NO7. The fourth-order valence-electron chi connectivity index (χ4n) is 4.80. The first-order valence-electron chi connectivity index (χ1n) is 12.4. The predicted molar refractivity (Wildman–Crippen MR) is 135 cm³/mol. The number of carbonyl (C=O) groups excluding carboxylic acids is 2. The molecule has 2 heterocycles. The first kappa shape index (κ1) is 25.6. The maximum absolute atomic E-state index is 13.3. The van der Waals surface area contributed by atoms with Gasteiger partial charge >= 0.3 is 0 Å². The van der Waals surface area contributed by atoms with Crippen LogP contribution in [-0.4, -0.2) is 61.3 Å². The van der Waals surface area contributed by atoms with E-state index in [1.807, 2.05) is 26.8 Å². The number of benzene rings is 2. The van der Waals surface area contributed by atoms with Gasteiger partial charge in [-0.05, 0) is 68.7 Å². The second-order valence-electron chi connectivity index (χ2n) is 8.87. The van der Waals surface area contributed by atoms with Crippen LogP contribution in [0.1, 0.15) is 49.9 Å². The van der Waals surface area contributed by atoms with Gasteiger partial charge in [0.15, 0.2) is 11.5 Å². The highest BCUT2D eigenvalue weighted by Gasteiger charge is 2.46. The SMILES string of the molecule is CCOc1ccc([C@H]2C(=C(O)c3ccc4c(c3)C[C@@H](C)O4)C(=O)C(=O)N2CCCOC)cc1OCC. The maximum Gasteiger partial charge on any atom is 0.295 e. The van der Waals surface area contributed by atoms with Crippen molar-refractivity contribution in [2.24, 2.45) is 0 Å². The number of carbonyl (C=O) groups is 2. The highest BCUT2D eigenvalue weighted by molar-refractivity contribution is 6.46. The zero-order valence-corrected chi connectivity index (χ0v) is 21.2. The van der Waals surface area contributed by atoms with E-state index in [9.17, 15) is 14.7 Å². The quantitative estimate of drug-likeness (QED) is 0.228. The Kier molecular flexibility index (Phi) is 7.84. The molecule has 8 heteroatoms. The van der Waals surface area contributed by atoms with Gasteiger partial charge in [0.2, 0.25) is 0 Å². The molecule has 0 aliphatic carbocycles. The van der Waals surface area contributed by atoms with Crippen molar-refractivity contribution in [3.05, 3.63) is 58.7 Å². The Bertz CT molecular complexity index is 1170. The van der Waals surface area contributed by atoms with E-state index in [1.54, 1.807) is 37.4 Å². The van der Waals surface area contributed by atoms with E-state index in [1.165, 1.54) is 4.90 Å². The van der Waals surface area contributed by atoms with Crippen molar-refractivity contribution in [1.82, 2.24) is 4.90 Å². The summed E-state index contributed by atoms with van der Waals surface area (Å²) >= 11 is 0. The van der Waals surface area contributed by atoms with Crippen LogP contribution in [0.25, 0.3) is 5.76 Å². The third kappa shape index (κ3) is 4.91. The van der Waals surface area contributed by atoms with Crippen LogP contribution in [0.4, 0.5) is 0 Å². The average Bonchev–Trinajstić information content (AvgIpc) is 3.36. The second-order valence-corrected chi connectivity index (χ2v) is 8.87. The first-order valence-corrected chi connectivity index (χ1v) is 12.4. The molecule has 0 bridgehead atoms. The fraction of sp³-hybridized carbons (Fsp3) is 0.429. The molecule has 0 spiro atoms. The Morgan fingerprint density at radius 3 is 2.56 bits per heavy atom. The number of amides is 1. The van der Waals surface area contributed by atoms with Crippen LogP contribution in [0.15, 0.2) is 42.0 Å². The molecule has 0 aromatic heterocycles. The maximum atomic E-state index is 13.3. The average molecular weight is 496 g/mol. The normalized spacial score (nSPS) is 20.4. The van der Waals surface area contributed by atoms with Gasteiger partial charge in [0, 0.05) is 32.2 Å². The standard InChI is InChI=1S/C28H33NO7/c1-5-34-22-11-8-18(16-23(22)35-6-2)25-24(27(31)28(32)29(25)12-7-13-33-4)26(30)19-9-10-21-20(15-19)14-17(3)36-21/h8-11,15-17,25,30H,5-7,12-14H2,1-4H3/t17-,25+/m1/s1. The minimum atomic E-state index is -0.778. The minimum absolute atomic E-state index is 0.0459. The molecule has 192 valence electrons. The van der Waals surface area contributed by atoms with E-state index in [0.29, 0.717) is 61.8 Å². The number of hydrogen-bond acceptors (Lipinski definition) is 7. The number of rotatable bonds is 10. The van der Waals surface area contributed by atoms with Crippen LogP contribution < -0.4 is 14.2 Å². The molecule has 1 saturated heterocycles. The summed E-state index contributed by atoms with van der Waals surface area (Å²) in [6.07, 6.45) is 1.30. The molecule has 2 atom stereocenters. The summed E-state index contributed by atoms with van der Waals surface area (Å²) in [5.41, 5.74) is 2.13. The number of aliphatic hydroxyl groups excluding tert-OH is 1. The molecule has 1 fully saturated rings. The van der Waals surface area contributed by atoms with Crippen molar-refractivity contribution in [3.63, 3.8) is 0 Å². The van der Waals surface area contributed by atoms with Crippen LogP contribution in [0.5, 0.6) is 17.2 Å². The number of likely N-dealkylation sites (tertiary alicyclic amines) is 1. The Hall–Kier alpha value is -3.52. The van der Waals surface area contributed by atoms with Crippen LogP contribution in [-0.2, 0) is 20.7 Å². The van der Waals surface area contributed by atoms with E-state index in [-0.39, 0.29) is 17.4 Å². The molecule has 2 aliphatic heterocycles. The number of fused-ring (bicyclic) bond motifs is 1. The van der Waals surface area contributed by atoms with Crippen molar-refractivity contribution in [2.75, 3.05) is 33.5 Å². The Labute approximate surface area is 211 Å². The lowest BCUT2D eigenvalue weighted by Crippen LogP contribution is -2.31. The predicted octanol–water partition coefficient (Wildman–Crippen LogP) is 4.27. The van der Waals surface area contributed by atoms with E-state index < -0.39 is 17.7 Å². The first-order chi connectivity index (χ1) is 17.4. The second kappa shape index (κ2) is 11.0. The van der Waals surface area contributed by atoms with Gasteiger partial charge in [-0.15, -0.1) is 0 Å². The van der Waals surface area contributed by atoms with Gasteiger partial charge in [-0.1, -0.05) is 6.07 Å². The molecule has 2 aliphatic rings. The van der Waals surface area contributed by atoms with E-state index in [0.717, 1.165) is 11.3 Å². The van der Waals surface area contributed by atoms with Crippen molar-refractivity contribution >= 4 is 17.4 Å². The highest BCUT2D eigenvalue weighted by Crippen LogP contribution is 2.43. The van der Waals surface area contributed by atoms with Gasteiger partial charge in [-0.25, -0.2) is 0 Å². The molecule has 2 aromatic carbocycles. The molecule has 1 amide bonds. The van der Waals surface area contributed by atoms with E-state index in [4.69, 9.17) is 18.9 Å². The van der Waals surface area contributed by atoms with Crippen LogP contribution >= 0.6 is 0 Å². The summed E-state index contributed by atoms with van der Waals surface area (Å²) in [5, 5.41) is 11.4. The lowest BCUT2D eigenvalue weighted by molar-refractivity contribution is -0.140. The lowest BCUT2D eigenvalue weighted by atomic mass is 9.94. The molecular weight excluding hydrogens is 462 g/mol. The summed E-state index contributed by atoms with van der Waals surface area (Å²) in [6, 6.07) is 9.91. The Morgan fingerprint density at radius 1 is 1.08 bits per heavy atom. The number of Topliss-reactive ketones (excluding diaryl/α,β-unsaturated/α-hetero) is 1. The number of nitrogens with zero attached hydrogens (tertiary/aromatic N) is 1. The number of methoxy groups -OCH3 is 1. The van der Waals surface area contributed by atoms with Crippen LogP contribution in [0.3, 0.4) is 0 Å². The largest absolute Gasteiger partial charge is 0.507 e. The van der Waals surface area contributed by atoms with Gasteiger partial charge in [-0.2, -0.15) is 0 Å². The lowest BCUT2D eigenvalue weighted by Gasteiger charge is -2.26. The van der Waals surface area contributed by atoms with Gasteiger partial charge in [-0.3, -0.25) is 9.59 Å². The molecule has 36 heavy (non-hydrogen) atoms. The van der Waals surface area contributed by atoms with Gasteiger partial charge < -0.3 is 29.0 Å². The number of ketones is 1. The van der Waals surface area contributed by atoms with Gasteiger partial charge in [0.25, 0.3) is 11.7 Å². The Balaban J connectivity index is 1.82. The molecule has 4 rings (SSSR count). The fourth-order valence-corrected chi connectivity index (χ4v) is 4.80. The van der Waals surface area contributed by atoms with E-state index in [2.05, 4.69) is 0 Å². The van der Waals surface area contributed by atoms with Crippen molar-refractivity contribution in [3.8, 4) is 17.2 Å². The monoisotopic (exact) mass is 495 g/mol. The van der Waals surface area contributed by atoms with E-state index >= 15 is 0 Å². The smallest absolute Gasteiger partial charge is 0.295 e. The van der Waals surface area contributed by atoms with Gasteiger partial charge in [0.05, 0.1) is 24.8 Å². The zero-order valence-electron chi connectivity index (χ0n) is 21.2. The number of ether oxygens (including phenoxy) is 4. The molecule has 0 saturated carbocycles. The van der Waals surface area contributed by atoms with Crippen molar-refractivity contribution < 1.29 is 33.6 Å². The van der Waals surface area contributed by atoms with Gasteiger partial charge in [0.1, 0.15) is 17.6 Å². The van der Waals surface area contributed by atoms with Crippen molar-refractivity contribution in [1.29, 1.82) is 0 Å². The molecule has 8 nitrogen and oxygen atoms in total. The summed E-state index contributed by atoms with van der Waals surface area (Å²) < 4.78 is 22.4. The minimum Gasteiger partial charge on any atom is -0.507 e. The molecule has 0 unspecified atom stereocenters. The highest BCUT2D eigenvalue weighted by atomic mass is 16.5. The van der Waals surface area contributed by atoms with Crippen molar-refractivity contribution in [2.45, 2.75) is 45.8 Å². The molecule has 2 aromatic rings. The van der Waals surface area contributed by atoms with Crippen LogP contribution in [0, 0.1) is 0 Å². The Morgan fingerprint density at radius 2 is 1.83 bits per heavy atom. The number of aliphatic hydroxyl groups is 1. The number of hydrogen-bond donors (Lipinski definition) is 1. The molecule has 1 N–H and O–H groups in total. The molecule has 0 radical (unpaired) electrons. The zero-order chi connectivity index (χ0) is 25.8. The summed E-state index contributed by atoms with van der Waals surface area (Å²) in [5.74, 6) is 0.287.